The summed E-state index contributed by atoms with van der Waals surface area (Å²) in [6.45, 7) is 7.74. The lowest BCUT2D eigenvalue weighted by Crippen LogP contribution is -2.37. The van der Waals surface area contributed by atoms with Crippen LogP contribution < -0.4 is 4.90 Å². The lowest BCUT2D eigenvalue weighted by Gasteiger charge is -2.23. The number of aromatic nitrogens is 1. The molecule has 1 aromatic heterocycles. The van der Waals surface area contributed by atoms with Gasteiger partial charge in [0.25, 0.3) is 0 Å². The van der Waals surface area contributed by atoms with Gasteiger partial charge in [-0.1, -0.05) is 30.7 Å². The molecule has 1 atom stereocenters. The molecule has 0 N–H and O–H groups in total. The largest absolute Gasteiger partial charge is 0.376 e. The number of rotatable bonds is 6. The first-order valence-electron chi connectivity index (χ1n) is 8.88. The molecule has 1 aliphatic rings. The van der Waals surface area contributed by atoms with Crippen molar-refractivity contribution in [1.29, 1.82) is 0 Å². The third kappa shape index (κ3) is 3.78. The average molecular weight is 346 g/mol. The van der Waals surface area contributed by atoms with E-state index < -0.39 is 0 Å². The Morgan fingerprint density at radius 1 is 1.42 bits per heavy atom. The number of unbranched alkanes of at least 4 members (excludes halogenated alkanes) is 1. The van der Waals surface area contributed by atoms with Crippen LogP contribution in [0.5, 0.6) is 0 Å². The Labute approximate surface area is 147 Å². The van der Waals surface area contributed by atoms with Gasteiger partial charge in [-0.15, -0.1) is 0 Å². The number of nitrogens with zero attached hydrogens (tertiary/aromatic N) is 2. The Bertz CT molecular complexity index is 719. The van der Waals surface area contributed by atoms with E-state index in [4.69, 9.17) is 9.72 Å². The molecule has 5 heteroatoms. The van der Waals surface area contributed by atoms with Gasteiger partial charge in [0.05, 0.1) is 22.9 Å². The van der Waals surface area contributed by atoms with E-state index >= 15 is 0 Å². The fourth-order valence-corrected chi connectivity index (χ4v) is 4.26. The Morgan fingerprint density at radius 3 is 2.96 bits per heavy atom. The number of fused-ring (bicyclic) bond motifs is 1. The lowest BCUT2D eigenvalue weighted by atomic mass is 10.1. The number of ether oxygens (including phenoxy) is 1. The summed E-state index contributed by atoms with van der Waals surface area (Å²) in [5.74, 6) is 0.167. The Morgan fingerprint density at radius 2 is 2.25 bits per heavy atom. The summed E-state index contributed by atoms with van der Waals surface area (Å²) in [6.07, 6.45) is 4.78. The summed E-state index contributed by atoms with van der Waals surface area (Å²) in [5, 5.41) is 0.815. The summed E-state index contributed by atoms with van der Waals surface area (Å²) >= 11 is 1.62. The van der Waals surface area contributed by atoms with E-state index in [9.17, 15) is 4.79 Å². The van der Waals surface area contributed by atoms with Crippen molar-refractivity contribution in [3.05, 3.63) is 23.3 Å². The maximum Gasteiger partial charge on any atom is 0.228 e. The number of anilines is 1. The lowest BCUT2D eigenvalue weighted by molar-refractivity contribution is -0.119. The van der Waals surface area contributed by atoms with Gasteiger partial charge in [0.1, 0.15) is 0 Å². The van der Waals surface area contributed by atoms with Crippen molar-refractivity contribution in [2.45, 2.75) is 59.0 Å². The van der Waals surface area contributed by atoms with E-state index in [2.05, 4.69) is 32.9 Å². The normalized spacial score (nSPS) is 17.5. The van der Waals surface area contributed by atoms with Gasteiger partial charge in [0, 0.05) is 13.0 Å². The molecule has 0 saturated carbocycles. The number of carbonyl (C=O) groups excluding carboxylic acids is 1. The first-order chi connectivity index (χ1) is 11.6. The monoisotopic (exact) mass is 346 g/mol. The van der Waals surface area contributed by atoms with Crippen molar-refractivity contribution in [1.82, 2.24) is 4.98 Å². The van der Waals surface area contributed by atoms with Crippen molar-refractivity contribution in [3.8, 4) is 0 Å². The van der Waals surface area contributed by atoms with Gasteiger partial charge < -0.3 is 4.74 Å². The van der Waals surface area contributed by atoms with Crippen LogP contribution in [0.4, 0.5) is 5.13 Å². The van der Waals surface area contributed by atoms with E-state index in [-0.39, 0.29) is 12.0 Å². The zero-order valence-electron chi connectivity index (χ0n) is 14.8. The van der Waals surface area contributed by atoms with E-state index in [1.807, 2.05) is 4.90 Å². The third-order valence-corrected chi connectivity index (χ3v) is 5.72. The molecule has 0 radical (unpaired) electrons. The topological polar surface area (TPSA) is 42.4 Å². The Balaban J connectivity index is 1.91. The standard InChI is InChI=1S/C19H26N2O2S/c1-4-5-8-17(22)21(12-15-7-6-9-23-15)19-20-16-11-13(2)10-14(3)18(16)24-19/h10-11,15H,4-9,12H2,1-3H3. The van der Waals surface area contributed by atoms with Crippen molar-refractivity contribution < 1.29 is 9.53 Å². The maximum atomic E-state index is 12.8. The summed E-state index contributed by atoms with van der Waals surface area (Å²) in [6, 6.07) is 4.27. The molecule has 1 aliphatic heterocycles. The van der Waals surface area contributed by atoms with Crippen molar-refractivity contribution in [2.75, 3.05) is 18.1 Å². The Hall–Kier alpha value is -1.46. The number of hydrogen-bond donors (Lipinski definition) is 0. The number of amides is 1. The molecule has 130 valence electrons. The third-order valence-electron chi connectivity index (χ3n) is 4.50. The number of thiazole rings is 1. The first kappa shape index (κ1) is 17.4. The summed E-state index contributed by atoms with van der Waals surface area (Å²) in [4.78, 5) is 19.4. The molecule has 1 amide bonds. The molecule has 2 heterocycles. The van der Waals surface area contributed by atoms with Crippen molar-refractivity contribution >= 4 is 32.6 Å². The molecule has 1 unspecified atom stereocenters. The minimum absolute atomic E-state index is 0.144. The first-order valence-corrected chi connectivity index (χ1v) is 9.70. The highest BCUT2D eigenvalue weighted by atomic mass is 32.1. The minimum Gasteiger partial charge on any atom is -0.376 e. The van der Waals surface area contributed by atoms with E-state index in [1.165, 1.54) is 15.8 Å². The van der Waals surface area contributed by atoms with Gasteiger partial charge in [0.15, 0.2) is 5.13 Å². The van der Waals surface area contributed by atoms with Crippen LogP contribution in [0.2, 0.25) is 0 Å². The average Bonchev–Trinajstić information content (AvgIpc) is 3.19. The molecule has 1 aromatic carbocycles. The van der Waals surface area contributed by atoms with Crippen LogP contribution in [-0.2, 0) is 9.53 Å². The van der Waals surface area contributed by atoms with Crippen LogP contribution >= 0.6 is 11.3 Å². The number of carbonyl (C=O) groups is 1. The molecular formula is C19H26N2O2S. The highest BCUT2D eigenvalue weighted by Gasteiger charge is 2.26. The smallest absolute Gasteiger partial charge is 0.228 e. The van der Waals surface area contributed by atoms with Gasteiger partial charge in [-0.2, -0.15) is 0 Å². The van der Waals surface area contributed by atoms with Gasteiger partial charge in [-0.3, -0.25) is 9.69 Å². The van der Waals surface area contributed by atoms with Crippen LogP contribution in [0.25, 0.3) is 10.2 Å². The Kier molecular flexibility index (Phi) is 5.51. The molecule has 1 fully saturated rings. The second-order valence-electron chi connectivity index (χ2n) is 6.67. The molecule has 3 rings (SSSR count). The van der Waals surface area contributed by atoms with Gasteiger partial charge >= 0.3 is 0 Å². The van der Waals surface area contributed by atoms with Gasteiger partial charge in [-0.05, 0) is 50.3 Å². The van der Waals surface area contributed by atoms with Crippen molar-refractivity contribution in [2.24, 2.45) is 0 Å². The molecule has 1 saturated heterocycles. The fourth-order valence-electron chi connectivity index (χ4n) is 3.22. The maximum absolute atomic E-state index is 12.8. The number of aryl methyl sites for hydroxylation is 2. The molecule has 2 aromatic rings. The van der Waals surface area contributed by atoms with Crippen LogP contribution in [0.3, 0.4) is 0 Å². The second kappa shape index (κ2) is 7.62. The zero-order valence-corrected chi connectivity index (χ0v) is 15.6. The number of hydrogen-bond acceptors (Lipinski definition) is 4. The SMILES string of the molecule is CCCCC(=O)N(CC1CCCO1)c1nc2cc(C)cc(C)c2s1. The van der Waals surface area contributed by atoms with Gasteiger partial charge in [-0.25, -0.2) is 4.98 Å². The second-order valence-corrected chi connectivity index (χ2v) is 7.65. The molecule has 0 bridgehead atoms. The van der Waals surface area contributed by atoms with Crippen LogP contribution in [0.1, 0.15) is 50.2 Å². The quantitative estimate of drug-likeness (QED) is 0.767. The van der Waals surface area contributed by atoms with E-state index in [0.29, 0.717) is 13.0 Å². The predicted octanol–water partition coefficient (Wildman–Crippen LogP) is 4.62. The van der Waals surface area contributed by atoms with Gasteiger partial charge in [0.2, 0.25) is 5.91 Å². The number of benzene rings is 1. The summed E-state index contributed by atoms with van der Waals surface area (Å²) in [7, 11) is 0. The van der Waals surface area contributed by atoms with E-state index in [0.717, 1.165) is 42.9 Å². The molecule has 0 aliphatic carbocycles. The molecule has 24 heavy (non-hydrogen) atoms. The van der Waals surface area contributed by atoms with Crippen molar-refractivity contribution in [3.63, 3.8) is 0 Å². The van der Waals surface area contributed by atoms with Crippen LogP contribution in [0.15, 0.2) is 12.1 Å². The molecular weight excluding hydrogens is 320 g/mol. The fraction of sp³-hybridized carbons (Fsp3) is 0.579. The molecule has 4 nitrogen and oxygen atoms in total. The highest BCUT2D eigenvalue weighted by Crippen LogP contribution is 2.33. The van der Waals surface area contributed by atoms with E-state index in [1.54, 1.807) is 11.3 Å². The summed E-state index contributed by atoms with van der Waals surface area (Å²) < 4.78 is 6.94. The predicted molar refractivity (Wildman–Crippen MR) is 99.9 cm³/mol. The summed E-state index contributed by atoms with van der Waals surface area (Å²) in [5.41, 5.74) is 3.43. The van der Waals surface area contributed by atoms with Crippen LogP contribution in [-0.4, -0.2) is 30.1 Å². The molecule has 0 spiro atoms. The highest BCUT2D eigenvalue weighted by molar-refractivity contribution is 7.22. The van der Waals surface area contributed by atoms with Crippen LogP contribution in [0, 0.1) is 13.8 Å². The minimum atomic E-state index is 0.144. The zero-order chi connectivity index (χ0) is 17.1.